The minimum Gasteiger partial charge on any atom is -0.478 e. The molecule has 0 fully saturated rings. The number of amides is 1. The summed E-state index contributed by atoms with van der Waals surface area (Å²) in [7, 11) is 0. The Morgan fingerprint density at radius 3 is 2.60 bits per heavy atom. The third-order valence-corrected chi connectivity index (χ3v) is 2.41. The Balaban J connectivity index is 1.94. The van der Waals surface area contributed by atoms with Crippen molar-refractivity contribution >= 4 is 17.6 Å². The molecule has 0 atom stereocenters. The van der Waals surface area contributed by atoms with Gasteiger partial charge in [0, 0.05) is 17.8 Å². The molecule has 0 aliphatic carbocycles. The van der Waals surface area contributed by atoms with Gasteiger partial charge in [-0.1, -0.05) is 12.1 Å². The van der Waals surface area contributed by atoms with Crippen LogP contribution in [0.5, 0.6) is 0 Å². The second-order valence-corrected chi connectivity index (χ2v) is 3.95. The zero-order valence-electron chi connectivity index (χ0n) is 10.4. The highest BCUT2D eigenvalue weighted by atomic mass is 16.4. The monoisotopic (exact) mass is 272 g/mol. The number of aromatic nitrogens is 3. The van der Waals surface area contributed by atoms with Crippen LogP contribution in [0, 0.1) is 0 Å². The summed E-state index contributed by atoms with van der Waals surface area (Å²) in [6, 6.07) is 7.16. The Labute approximate surface area is 114 Å². The molecule has 7 heteroatoms. The van der Waals surface area contributed by atoms with Crippen molar-refractivity contribution in [2.45, 2.75) is 6.54 Å². The number of hydrogen-bond donors (Lipinski definition) is 2. The van der Waals surface area contributed by atoms with Gasteiger partial charge in [0.15, 0.2) is 0 Å². The molecule has 20 heavy (non-hydrogen) atoms. The lowest BCUT2D eigenvalue weighted by molar-refractivity contribution is -0.131. The Morgan fingerprint density at radius 1 is 1.25 bits per heavy atom. The van der Waals surface area contributed by atoms with Gasteiger partial charge in [0.05, 0.1) is 6.54 Å². The SMILES string of the molecule is O=C(O)/C=C/C(=O)Nc1ccc(Cn2cncn2)cc1. The Morgan fingerprint density at radius 2 is 2.00 bits per heavy atom. The van der Waals surface area contributed by atoms with E-state index in [0.29, 0.717) is 12.2 Å². The number of carbonyl (C=O) groups excluding carboxylic acids is 1. The van der Waals surface area contributed by atoms with E-state index in [4.69, 9.17) is 5.11 Å². The molecule has 0 spiro atoms. The molecule has 1 aromatic heterocycles. The molecule has 0 radical (unpaired) electrons. The summed E-state index contributed by atoms with van der Waals surface area (Å²) in [4.78, 5) is 25.5. The number of anilines is 1. The maximum atomic E-state index is 11.4. The first kappa shape index (κ1) is 13.5. The summed E-state index contributed by atoms with van der Waals surface area (Å²) in [5.41, 5.74) is 1.60. The predicted molar refractivity (Wildman–Crippen MR) is 71.0 cm³/mol. The maximum Gasteiger partial charge on any atom is 0.328 e. The van der Waals surface area contributed by atoms with Gasteiger partial charge in [0.1, 0.15) is 12.7 Å². The second kappa shape index (κ2) is 6.28. The zero-order valence-corrected chi connectivity index (χ0v) is 10.4. The maximum absolute atomic E-state index is 11.4. The molecule has 0 aliphatic rings. The van der Waals surface area contributed by atoms with E-state index in [1.54, 1.807) is 23.1 Å². The molecule has 7 nitrogen and oxygen atoms in total. The molecule has 102 valence electrons. The Kier molecular flexibility index (Phi) is 4.23. The number of carboxylic acids is 1. The summed E-state index contributed by atoms with van der Waals surface area (Å²) in [5.74, 6) is -1.65. The number of carbonyl (C=O) groups is 2. The lowest BCUT2D eigenvalue weighted by Crippen LogP contribution is -2.08. The number of benzene rings is 1. The van der Waals surface area contributed by atoms with Crippen molar-refractivity contribution < 1.29 is 14.7 Å². The average molecular weight is 272 g/mol. The summed E-state index contributed by atoms with van der Waals surface area (Å²) in [5, 5.41) is 15.0. The van der Waals surface area contributed by atoms with E-state index in [9.17, 15) is 9.59 Å². The van der Waals surface area contributed by atoms with Gasteiger partial charge < -0.3 is 10.4 Å². The quantitative estimate of drug-likeness (QED) is 0.788. The highest BCUT2D eigenvalue weighted by molar-refractivity contribution is 6.02. The first-order valence-corrected chi connectivity index (χ1v) is 5.77. The van der Waals surface area contributed by atoms with E-state index in [0.717, 1.165) is 17.7 Å². The zero-order chi connectivity index (χ0) is 14.4. The fourth-order valence-electron chi connectivity index (χ4n) is 1.53. The van der Waals surface area contributed by atoms with Crippen molar-refractivity contribution in [1.29, 1.82) is 0 Å². The van der Waals surface area contributed by atoms with Gasteiger partial charge in [-0.15, -0.1) is 0 Å². The molecule has 2 rings (SSSR count). The lowest BCUT2D eigenvalue weighted by atomic mass is 10.2. The smallest absolute Gasteiger partial charge is 0.328 e. The fourth-order valence-corrected chi connectivity index (χ4v) is 1.53. The highest BCUT2D eigenvalue weighted by Gasteiger charge is 2.00. The van der Waals surface area contributed by atoms with E-state index in [2.05, 4.69) is 15.4 Å². The summed E-state index contributed by atoms with van der Waals surface area (Å²) >= 11 is 0. The minimum atomic E-state index is -1.16. The van der Waals surface area contributed by atoms with Crippen LogP contribution in [-0.4, -0.2) is 31.7 Å². The molecule has 2 aromatic rings. The van der Waals surface area contributed by atoms with E-state index < -0.39 is 11.9 Å². The second-order valence-electron chi connectivity index (χ2n) is 3.95. The number of hydrogen-bond acceptors (Lipinski definition) is 4. The minimum absolute atomic E-state index is 0.489. The van der Waals surface area contributed by atoms with Gasteiger partial charge in [-0.2, -0.15) is 5.10 Å². The van der Waals surface area contributed by atoms with Crippen LogP contribution in [0.1, 0.15) is 5.56 Å². The molecular formula is C13H12N4O3. The van der Waals surface area contributed by atoms with Gasteiger partial charge in [-0.3, -0.25) is 4.79 Å². The van der Waals surface area contributed by atoms with Gasteiger partial charge in [-0.25, -0.2) is 14.5 Å². The van der Waals surface area contributed by atoms with Crippen LogP contribution in [0.3, 0.4) is 0 Å². The number of nitrogens with zero attached hydrogens (tertiary/aromatic N) is 3. The summed E-state index contributed by atoms with van der Waals surface area (Å²) < 4.78 is 1.68. The Hall–Kier alpha value is -2.96. The highest BCUT2D eigenvalue weighted by Crippen LogP contribution is 2.10. The molecule has 0 saturated heterocycles. The molecule has 1 amide bonds. The number of nitrogens with one attached hydrogen (secondary N) is 1. The van der Waals surface area contributed by atoms with Gasteiger partial charge in [-0.05, 0) is 17.7 Å². The van der Waals surface area contributed by atoms with Crippen LogP contribution in [0.4, 0.5) is 5.69 Å². The van der Waals surface area contributed by atoms with Crippen LogP contribution in [0.25, 0.3) is 0 Å². The van der Waals surface area contributed by atoms with E-state index in [1.807, 2.05) is 12.1 Å². The first-order chi connectivity index (χ1) is 9.63. The van der Waals surface area contributed by atoms with Crippen LogP contribution >= 0.6 is 0 Å². The van der Waals surface area contributed by atoms with Gasteiger partial charge >= 0.3 is 5.97 Å². The average Bonchev–Trinajstić information content (AvgIpc) is 2.92. The van der Waals surface area contributed by atoms with Crippen molar-refractivity contribution in [2.75, 3.05) is 5.32 Å². The molecule has 0 aliphatic heterocycles. The van der Waals surface area contributed by atoms with E-state index in [-0.39, 0.29) is 0 Å². The molecule has 0 bridgehead atoms. The normalized spacial score (nSPS) is 10.6. The third kappa shape index (κ3) is 4.05. The fraction of sp³-hybridized carbons (Fsp3) is 0.0769. The topological polar surface area (TPSA) is 97.1 Å². The predicted octanol–water partition coefficient (Wildman–Crippen LogP) is 0.906. The molecule has 0 unspecified atom stereocenters. The van der Waals surface area contributed by atoms with Crippen molar-refractivity contribution in [3.05, 3.63) is 54.6 Å². The lowest BCUT2D eigenvalue weighted by Gasteiger charge is -2.04. The van der Waals surface area contributed by atoms with Crippen LogP contribution in [0.2, 0.25) is 0 Å². The Bertz CT molecular complexity index is 618. The largest absolute Gasteiger partial charge is 0.478 e. The van der Waals surface area contributed by atoms with Crippen molar-refractivity contribution in [3.63, 3.8) is 0 Å². The van der Waals surface area contributed by atoms with Gasteiger partial charge in [0.2, 0.25) is 5.91 Å². The summed E-state index contributed by atoms with van der Waals surface area (Å²) in [6.07, 6.45) is 4.83. The van der Waals surface area contributed by atoms with Crippen molar-refractivity contribution in [1.82, 2.24) is 14.8 Å². The molecule has 1 aromatic carbocycles. The number of carboxylic acid groups (broad SMARTS) is 1. The molecule has 2 N–H and O–H groups in total. The molecule has 1 heterocycles. The van der Waals surface area contributed by atoms with Crippen molar-refractivity contribution in [2.24, 2.45) is 0 Å². The van der Waals surface area contributed by atoms with Crippen LogP contribution < -0.4 is 5.32 Å². The van der Waals surface area contributed by atoms with Crippen LogP contribution in [0.15, 0.2) is 49.1 Å². The van der Waals surface area contributed by atoms with Crippen LogP contribution in [-0.2, 0) is 16.1 Å². The third-order valence-electron chi connectivity index (χ3n) is 2.41. The molecule has 0 saturated carbocycles. The van der Waals surface area contributed by atoms with E-state index >= 15 is 0 Å². The van der Waals surface area contributed by atoms with Crippen molar-refractivity contribution in [3.8, 4) is 0 Å². The number of rotatable bonds is 5. The van der Waals surface area contributed by atoms with E-state index in [1.165, 1.54) is 6.33 Å². The molecular weight excluding hydrogens is 260 g/mol. The standard InChI is InChI=1S/C13H12N4O3/c18-12(5-6-13(19)20)16-11-3-1-10(2-4-11)7-17-9-14-8-15-17/h1-6,8-9H,7H2,(H,16,18)(H,19,20)/b6-5+. The summed E-state index contributed by atoms with van der Waals surface area (Å²) in [6.45, 7) is 0.590. The van der Waals surface area contributed by atoms with Gasteiger partial charge in [0.25, 0.3) is 0 Å². The first-order valence-electron chi connectivity index (χ1n) is 5.77. The number of aliphatic carboxylic acids is 1.